The van der Waals surface area contributed by atoms with Crippen LogP contribution in [0.2, 0.25) is 0 Å². The molecule has 8 heteroatoms. The molecular weight excluding hydrogens is 370 g/mol. The van der Waals surface area contributed by atoms with Gasteiger partial charge in [-0.1, -0.05) is 24.0 Å². The second-order valence-corrected chi connectivity index (χ2v) is 6.92. The number of hydrogen-bond acceptors (Lipinski definition) is 6. The van der Waals surface area contributed by atoms with Crippen molar-refractivity contribution in [2.24, 2.45) is 5.73 Å². The quantitative estimate of drug-likeness (QED) is 0.473. The molecule has 1 atom stereocenters. The van der Waals surface area contributed by atoms with E-state index >= 15 is 0 Å². The maximum atomic E-state index is 11.6. The van der Waals surface area contributed by atoms with Crippen LogP contribution < -0.4 is 5.73 Å². The molecule has 148 valence electrons. The summed E-state index contributed by atoms with van der Waals surface area (Å²) in [5.74, 6) is 4.86. The number of hydrogen-bond donors (Lipinski definition) is 2. The Bertz CT molecular complexity index is 1130. The summed E-state index contributed by atoms with van der Waals surface area (Å²) in [6, 6.07) is 7.10. The van der Waals surface area contributed by atoms with Gasteiger partial charge in [-0.2, -0.15) is 0 Å². The van der Waals surface area contributed by atoms with Gasteiger partial charge in [-0.05, 0) is 26.2 Å². The smallest absolute Gasteiger partial charge is 0.268 e. The van der Waals surface area contributed by atoms with Crippen molar-refractivity contribution in [2.75, 3.05) is 20.6 Å². The van der Waals surface area contributed by atoms with E-state index in [2.05, 4.69) is 21.8 Å². The molecule has 0 saturated carbocycles. The van der Waals surface area contributed by atoms with E-state index in [1.54, 1.807) is 35.0 Å². The molecule has 0 spiro atoms. The molecule has 2 aromatic heterocycles. The molecule has 0 aliphatic heterocycles. The minimum atomic E-state index is -1.72. The fourth-order valence-corrected chi connectivity index (χ4v) is 2.71. The molecule has 1 aromatic carbocycles. The third kappa shape index (κ3) is 4.66. The van der Waals surface area contributed by atoms with Crippen molar-refractivity contribution in [1.29, 1.82) is 0 Å². The summed E-state index contributed by atoms with van der Waals surface area (Å²) < 4.78 is 1.67. The lowest BCUT2D eigenvalue weighted by Crippen LogP contribution is -2.33. The number of fused-ring (bicyclic) bond motifs is 1. The third-order valence-corrected chi connectivity index (χ3v) is 4.32. The highest BCUT2D eigenvalue weighted by molar-refractivity contribution is 5.92. The third-order valence-electron chi connectivity index (χ3n) is 4.32. The Balaban J connectivity index is 2.00. The number of amides is 1. The lowest BCUT2D eigenvalue weighted by atomic mass is 10.0. The van der Waals surface area contributed by atoms with Crippen molar-refractivity contribution in [2.45, 2.75) is 12.0 Å². The highest BCUT2D eigenvalue weighted by Crippen LogP contribution is 2.23. The molecule has 2 heterocycles. The molecule has 1 amide bonds. The minimum Gasteiger partial charge on any atom is -0.371 e. The van der Waals surface area contributed by atoms with Crippen LogP contribution in [0, 0.1) is 11.8 Å². The second-order valence-electron chi connectivity index (χ2n) is 6.92. The maximum absolute atomic E-state index is 11.6. The van der Waals surface area contributed by atoms with Gasteiger partial charge in [0, 0.05) is 42.7 Å². The summed E-state index contributed by atoms with van der Waals surface area (Å²) in [5.41, 5.74) is 6.09. The summed E-state index contributed by atoms with van der Waals surface area (Å²) >= 11 is 0. The molecule has 3 rings (SSSR count). The van der Waals surface area contributed by atoms with Gasteiger partial charge in [0.2, 0.25) is 0 Å². The Morgan fingerprint density at radius 1 is 1.41 bits per heavy atom. The number of aromatic nitrogens is 3. The van der Waals surface area contributed by atoms with E-state index in [1.807, 2.05) is 25.1 Å². The maximum Gasteiger partial charge on any atom is 0.268 e. The van der Waals surface area contributed by atoms with Gasteiger partial charge in [-0.3, -0.25) is 9.59 Å². The zero-order chi connectivity index (χ0) is 21.0. The molecular formula is C21H21N5O3. The Labute approximate surface area is 168 Å². The molecule has 29 heavy (non-hydrogen) atoms. The molecule has 8 nitrogen and oxygen atoms in total. The van der Waals surface area contributed by atoms with Crippen molar-refractivity contribution in [1.82, 2.24) is 19.3 Å². The Morgan fingerprint density at radius 3 is 2.90 bits per heavy atom. The molecule has 0 radical (unpaired) electrons. The highest BCUT2D eigenvalue weighted by atomic mass is 16.3. The van der Waals surface area contributed by atoms with Crippen LogP contribution in [0.1, 0.15) is 22.5 Å². The first-order valence-electron chi connectivity index (χ1n) is 8.92. The molecule has 3 N–H and O–H groups in total. The topological polar surface area (TPSA) is 114 Å². The lowest BCUT2D eigenvalue weighted by Gasteiger charge is -2.17. The number of nitrogens with two attached hydrogens (primary N) is 1. The fraction of sp³-hybridized carbons (Fsp3) is 0.238. The van der Waals surface area contributed by atoms with Gasteiger partial charge in [0.25, 0.3) is 5.91 Å². The number of benzene rings is 1. The first-order valence-corrected chi connectivity index (χ1v) is 8.92. The fourth-order valence-electron chi connectivity index (χ4n) is 2.71. The number of nitrogens with zero attached hydrogens (tertiary/aromatic N) is 4. The normalized spacial score (nSPS) is 13.0. The van der Waals surface area contributed by atoms with E-state index in [0.29, 0.717) is 35.3 Å². The number of rotatable bonds is 6. The van der Waals surface area contributed by atoms with Crippen molar-refractivity contribution < 1.29 is 14.7 Å². The van der Waals surface area contributed by atoms with Gasteiger partial charge in [-0.15, -0.1) is 0 Å². The van der Waals surface area contributed by atoms with Gasteiger partial charge < -0.3 is 20.1 Å². The van der Waals surface area contributed by atoms with Crippen molar-refractivity contribution in [3.63, 3.8) is 0 Å². The highest BCUT2D eigenvalue weighted by Gasteiger charge is 2.23. The van der Waals surface area contributed by atoms with Gasteiger partial charge in [0.05, 0.1) is 0 Å². The van der Waals surface area contributed by atoms with E-state index in [1.165, 1.54) is 6.20 Å². The zero-order valence-corrected chi connectivity index (χ0v) is 16.2. The molecule has 0 bridgehead atoms. The van der Waals surface area contributed by atoms with Crippen LogP contribution in [0.4, 0.5) is 0 Å². The van der Waals surface area contributed by atoms with E-state index < -0.39 is 11.5 Å². The zero-order valence-electron chi connectivity index (χ0n) is 16.2. The van der Waals surface area contributed by atoms with E-state index in [-0.39, 0.29) is 12.1 Å². The molecule has 0 aliphatic carbocycles. The van der Waals surface area contributed by atoms with Crippen LogP contribution in [0.5, 0.6) is 0 Å². The number of aldehydes is 1. The van der Waals surface area contributed by atoms with Crippen LogP contribution >= 0.6 is 0 Å². The van der Waals surface area contributed by atoms with Gasteiger partial charge in [-0.25, -0.2) is 9.97 Å². The number of carbonyl (C=O) groups is 2. The lowest BCUT2D eigenvalue weighted by molar-refractivity contribution is -0.119. The summed E-state index contributed by atoms with van der Waals surface area (Å²) in [5, 5.41) is 10.4. The van der Waals surface area contributed by atoms with Crippen LogP contribution in [-0.4, -0.2) is 62.8 Å². The summed E-state index contributed by atoms with van der Waals surface area (Å²) in [4.78, 5) is 33.4. The minimum absolute atomic E-state index is 0.112. The second kappa shape index (κ2) is 8.22. The van der Waals surface area contributed by atoms with Gasteiger partial charge >= 0.3 is 0 Å². The molecule has 3 aromatic rings. The predicted molar refractivity (Wildman–Crippen MR) is 108 cm³/mol. The number of primary amides is 1. The van der Waals surface area contributed by atoms with Crippen LogP contribution in [-0.2, 0) is 4.79 Å². The molecule has 1 unspecified atom stereocenters. The average molecular weight is 391 g/mol. The molecule has 0 fully saturated rings. The van der Waals surface area contributed by atoms with E-state index in [4.69, 9.17) is 5.73 Å². The van der Waals surface area contributed by atoms with Crippen molar-refractivity contribution in [3.05, 3.63) is 54.1 Å². The molecule has 0 saturated heterocycles. The van der Waals surface area contributed by atoms with Crippen molar-refractivity contribution in [3.8, 4) is 23.1 Å². The predicted octanol–water partition coefficient (Wildman–Crippen LogP) is 0.728. The average Bonchev–Trinajstić information content (AvgIpc) is 3.19. The van der Waals surface area contributed by atoms with Gasteiger partial charge in [0.15, 0.2) is 17.5 Å². The largest absolute Gasteiger partial charge is 0.371 e. The van der Waals surface area contributed by atoms with Crippen molar-refractivity contribution >= 4 is 17.8 Å². The molecule has 0 aliphatic rings. The summed E-state index contributed by atoms with van der Waals surface area (Å²) in [7, 11) is 3.71. The number of carbonyl (C=O) groups excluding carboxylic acids is 2. The van der Waals surface area contributed by atoms with Crippen LogP contribution in [0.15, 0.2) is 42.9 Å². The number of imidazole rings is 1. The Hall–Kier alpha value is -3.54. The monoisotopic (exact) mass is 391 g/mol. The SMILES string of the molecule is CN(C)CCC(O)(C#Cc1cccc(-c2nc(C(N)=O)cn3ccnc23)c1)C=O. The van der Waals surface area contributed by atoms with Crippen LogP contribution in [0.3, 0.4) is 0 Å². The first kappa shape index (κ1) is 20.2. The first-order chi connectivity index (χ1) is 13.8. The van der Waals surface area contributed by atoms with E-state index in [0.717, 1.165) is 0 Å². The van der Waals surface area contributed by atoms with Crippen LogP contribution in [0.25, 0.3) is 16.9 Å². The standard InChI is InChI=1S/C21H21N5O3/c1-25(2)10-8-21(29,14-27)7-6-15-4-3-5-16(12-15)18-20-23-9-11-26(20)13-17(24-18)19(22)28/h3-5,9,11-14,29H,8,10H2,1-2H3,(H2,22,28). The summed E-state index contributed by atoms with van der Waals surface area (Å²) in [6.07, 6.45) is 5.48. The Kier molecular flexibility index (Phi) is 5.73. The van der Waals surface area contributed by atoms with E-state index in [9.17, 15) is 14.7 Å². The van der Waals surface area contributed by atoms with Gasteiger partial charge in [0.1, 0.15) is 11.4 Å². The summed E-state index contributed by atoms with van der Waals surface area (Å²) in [6.45, 7) is 0.519. The Morgan fingerprint density at radius 2 is 2.21 bits per heavy atom. The number of aliphatic hydroxyl groups is 1.